The van der Waals surface area contributed by atoms with E-state index in [0.717, 1.165) is 19.3 Å². The summed E-state index contributed by atoms with van der Waals surface area (Å²) in [5.41, 5.74) is 1.01. The minimum Gasteiger partial charge on any atom is -0.352 e. The molecule has 28 heavy (non-hydrogen) atoms. The molecule has 7 heteroatoms. The quantitative estimate of drug-likeness (QED) is 0.814. The van der Waals surface area contributed by atoms with Crippen molar-refractivity contribution in [2.24, 2.45) is 5.92 Å². The summed E-state index contributed by atoms with van der Waals surface area (Å²) < 4.78 is 25.8. The number of carbonyl (C=O) groups excluding carboxylic acids is 2. The Morgan fingerprint density at radius 1 is 0.929 bits per heavy atom. The summed E-state index contributed by atoms with van der Waals surface area (Å²) >= 11 is 0. The van der Waals surface area contributed by atoms with Gasteiger partial charge in [-0.05, 0) is 73.7 Å². The maximum Gasteiger partial charge on any atom is 0.321 e. The number of likely N-dealkylation sites (tertiary alicyclic amines) is 1. The van der Waals surface area contributed by atoms with Crippen LogP contribution < -0.4 is 10.6 Å². The Balaban J connectivity index is 1.36. The Kier molecular flexibility index (Phi) is 6.57. The van der Waals surface area contributed by atoms with Crippen LogP contribution in [0.15, 0.2) is 48.5 Å². The number of hydrogen-bond acceptors (Lipinski definition) is 2. The van der Waals surface area contributed by atoms with Crippen LogP contribution in [0, 0.1) is 17.6 Å². The zero-order valence-corrected chi connectivity index (χ0v) is 15.5. The fourth-order valence-corrected chi connectivity index (χ4v) is 3.25. The van der Waals surface area contributed by atoms with Gasteiger partial charge in [0.15, 0.2) is 0 Å². The SMILES string of the molecule is O=C(NCCC1CCN(C(=O)Nc2ccc(F)cc2)CC1)c1ccc(F)cc1. The number of hydrogen-bond donors (Lipinski definition) is 2. The highest BCUT2D eigenvalue weighted by Gasteiger charge is 2.22. The highest BCUT2D eigenvalue weighted by atomic mass is 19.1. The highest BCUT2D eigenvalue weighted by Crippen LogP contribution is 2.21. The molecule has 2 aromatic carbocycles. The fraction of sp³-hybridized carbons (Fsp3) is 0.333. The second kappa shape index (κ2) is 9.30. The van der Waals surface area contributed by atoms with Crippen LogP contribution in [0.1, 0.15) is 29.6 Å². The Morgan fingerprint density at radius 2 is 1.50 bits per heavy atom. The second-order valence-electron chi connectivity index (χ2n) is 6.92. The topological polar surface area (TPSA) is 61.4 Å². The molecule has 0 atom stereocenters. The van der Waals surface area contributed by atoms with Gasteiger partial charge in [0.25, 0.3) is 5.91 Å². The van der Waals surface area contributed by atoms with Crippen LogP contribution in [-0.2, 0) is 0 Å². The zero-order chi connectivity index (χ0) is 19.9. The molecule has 0 bridgehead atoms. The van der Waals surface area contributed by atoms with Gasteiger partial charge in [0.1, 0.15) is 11.6 Å². The maximum absolute atomic E-state index is 12.9. The zero-order valence-electron chi connectivity index (χ0n) is 15.5. The first-order valence-corrected chi connectivity index (χ1v) is 9.36. The van der Waals surface area contributed by atoms with Gasteiger partial charge >= 0.3 is 6.03 Å². The number of halogens is 2. The van der Waals surface area contributed by atoms with E-state index in [1.165, 1.54) is 48.5 Å². The molecule has 0 spiro atoms. The van der Waals surface area contributed by atoms with E-state index in [0.29, 0.717) is 36.8 Å². The van der Waals surface area contributed by atoms with E-state index in [1.807, 2.05) is 0 Å². The lowest BCUT2D eigenvalue weighted by Gasteiger charge is -2.32. The van der Waals surface area contributed by atoms with Crippen LogP contribution in [0.25, 0.3) is 0 Å². The van der Waals surface area contributed by atoms with Crippen LogP contribution in [-0.4, -0.2) is 36.5 Å². The van der Waals surface area contributed by atoms with Gasteiger partial charge in [-0.25, -0.2) is 13.6 Å². The normalized spacial score (nSPS) is 14.6. The van der Waals surface area contributed by atoms with Crippen molar-refractivity contribution in [2.75, 3.05) is 25.0 Å². The summed E-state index contributed by atoms with van der Waals surface area (Å²) in [6.45, 7) is 1.83. The van der Waals surface area contributed by atoms with Crippen molar-refractivity contribution >= 4 is 17.6 Å². The third kappa shape index (κ3) is 5.52. The average molecular weight is 387 g/mol. The van der Waals surface area contributed by atoms with E-state index in [1.54, 1.807) is 4.90 Å². The Hall–Kier alpha value is -2.96. The van der Waals surface area contributed by atoms with E-state index < -0.39 is 0 Å². The van der Waals surface area contributed by atoms with E-state index in [4.69, 9.17) is 0 Å². The summed E-state index contributed by atoms with van der Waals surface area (Å²) in [4.78, 5) is 26.0. The summed E-state index contributed by atoms with van der Waals surface area (Å²) in [5, 5.41) is 5.62. The van der Waals surface area contributed by atoms with Crippen LogP contribution in [0.3, 0.4) is 0 Å². The molecule has 2 N–H and O–H groups in total. The van der Waals surface area contributed by atoms with Crippen LogP contribution in [0.4, 0.5) is 19.3 Å². The van der Waals surface area contributed by atoms with Gasteiger partial charge in [-0.1, -0.05) is 0 Å². The fourth-order valence-electron chi connectivity index (χ4n) is 3.25. The average Bonchev–Trinajstić information content (AvgIpc) is 2.70. The molecule has 3 amide bonds. The monoisotopic (exact) mass is 387 g/mol. The van der Waals surface area contributed by atoms with Crippen molar-refractivity contribution in [2.45, 2.75) is 19.3 Å². The first kappa shape index (κ1) is 19.8. The molecule has 0 aliphatic carbocycles. The summed E-state index contributed by atoms with van der Waals surface area (Å²) in [5.74, 6) is -0.489. The van der Waals surface area contributed by atoms with E-state index in [2.05, 4.69) is 10.6 Å². The van der Waals surface area contributed by atoms with E-state index in [-0.39, 0.29) is 23.6 Å². The van der Waals surface area contributed by atoms with Crippen molar-refractivity contribution < 1.29 is 18.4 Å². The standard InChI is InChI=1S/C21H23F2N3O2/c22-17-3-1-16(2-4-17)20(27)24-12-9-15-10-13-26(14-11-15)21(28)25-19-7-5-18(23)6-8-19/h1-8,15H,9-14H2,(H,24,27)(H,25,28). The first-order valence-electron chi connectivity index (χ1n) is 9.36. The molecule has 1 aliphatic heterocycles. The molecule has 5 nitrogen and oxygen atoms in total. The largest absolute Gasteiger partial charge is 0.352 e. The minimum absolute atomic E-state index is 0.185. The highest BCUT2D eigenvalue weighted by molar-refractivity contribution is 5.94. The van der Waals surface area contributed by atoms with Crippen LogP contribution in [0.5, 0.6) is 0 Å². The molecular weight excluding hydrogens is 364 g/mol. The number of rotatable bonds is 5. The van der Waals surface area contributed by atoms with Crippen molar-refractivity contribution in [3.05, 3.63) is 65.7 Å². The van der Waals surface area contributed by atoms with Gasteiger partial charge in [-0.3, -0.25) is 4.79 Å². The molecule has 0 saturated carbocycles. The lowest BCUT2D eigenvalue weighted by molar-refractivity contribution is 0.0949. The van der Waals surface area contributed by atoms with Crippen molar-refractivity contribution in [1.29, 1.82) is 0 Å². The molecule has 1 aliphatic rings. The van der Waals surface area contributed by atoms with E-state index >= 15 is 0 Å². The maximum atomic E-state index is 12.9. The molecule has 1 fully saturated rings. The van der Waals surface area contributed by atoms with Gasteiger partial charge in [-0.2, -0.15) is 0 Å². The summed E-state index contributed by atoms with van der Waals surface area (Å²) in [6, 6.07) is 10.9. The lowest BCUT2D eigenvalue weighted by Crippen LogP contribution is -2.41. The third-order valence-corrected chi connectivity index (χ3v) is 4.94. The molecule has 148 valence electrons. The number of nitrogens with one attached hydrogen (secondary N) is 2. The number of nitrogens with zero attached hydrogens (tertiary/aromatic N) is 1. The second-order valence-corrected chi connectivity index (χ2v) is 6.92. The molecule has 0 unspecified atom stereocenters. The van der Waals surface area contributed by atoms with Gasteiger partial charge < -0.3 is 15.5 Å². The smallest absolute Gasteiger partial charge is 0.321 e. The summed E-state index contributed by atoms with van der Waals surface area (Å²) in [7, 11) is 0. The molecular formula is C21H23F2N3O2. The Bertz CT molecular complexity index is 801. The molecule has 0 radical (unpaired) electrons. The minimum atomic E-state index is -0.369. The summed E-state index contributed by atoms with van der Waals surface area (Å²) in [6.07, 6.45) is 2.56. The van der Waals surface area contributed by atoms with Crippen molar-refractivity contribution in [3.63, 3.8) is 0 Å². The predicted octanol–water partition coefficient (Wildman–Crippen LogP) is 4.03. The number of carbonyl (C=O) groups is 2. The van der Waals surface area contributed by atoms with Crippen LogP contribution >= 0.6 is 0 Å². The molecule has 0 aromatic heterocycles. The third-order valence-electron chi connectivity index (χ3n) is 4.94. The molecule has 3 rings (SSSR count). The molecule has 1 saturated heterocycles. The van der Waals surface area contributed by atoms with Gasteiger partial charge in [0.05, 0.1) is 0 Å². The number of piperidine rings is 1. The predicted molar refractivity (Wildman–Crippen MR) is 103 cm³/mol. The van der Waals surface area contributed by atoms with Crippen molar-refractivity contribution in [1.82, 2.24) is 10.2 Å². The van der Waals surface area contributed by atoms with Gasteiger partial charge in [-0.15, -0.1) is 0 Å². The van der Waals surface area contributed by atoms with Gasteiger partial charge in [0, 0.05) is 30.9 Å². The van der Waals surface area contributed by atoms with Crippen molar-refractivity contribution in [3.8, 4) is 0 Å². The number of urea groups is 1. The first-order chi connectivity index (χ1) is 13.5. The van der Waals surface area contributed by atoms with E-state index in [9.17, 15) is 18.4 Å². The number of anilines is 1. The molecule has 2 aromatic rings. The van der Waals surface area contributed by atoms with Gasteiger partial charge in [0.2, 0.25) is 0 Å². The Labute approximate surface area is 162 Å². The lowest BCUT2D eigenvalue weighted by atomic mass is 9.93. The molecule has 1 heterocycles. The Morgan fingerprint density at radius 3 is 2.11 bits per heavy atom. The van der Waals surface area contributed by atoms with Crippen LogP contribution in [0.2, 0.25) is 0 Å². The number of benzene rings is 2. The number of amides is 3.